The fourth-order valence-electron chi connectivity index (χ4n) is 3.48. The zero-order chi connectivity index (χ0) is 18.1. The predicted octanol–water partition coefficient (Wildman–Crippen LogP) is 0.0853. The topological polar surface area (TPSA) is 54.6 Å². The number of ether oxygens (including phenoxy) is 2. The molecule has 1 aliphatic rings. The number of methoxy groups -OCH3 is 2. The number of rotatable bonds is 5. The van der Waals surface area contributed by atoms with Gasteiger partial charge in [0.1, 0.15) is 11.5 Å². The molecule has 4 rings (SSSR count). The van der Waals surface area contributed by atoms with Gasteiger partial charge in [-0.2, -0.15) is 4.57 Å². The summed E-state index contributed by atoms with van der Waals surface area (Å²) in [6.45, 7) is 0.691. The summed E-state index contributed by atoms with van der Waals surface area (Å²) in [5.74, 6) is 1.54. The quantitative estimate of drug-likeness (QED) is 0.612. The van der Waals surface area contributed by atoms with Crippen molar-refractivity contribution in [3.8, 4) is 11.5 Å². The van der Waals surface area contributed by atoms with Crippen LogP contribution in [0.2, 0.25) is 0 Å². The maximum absolute atomic E-state index is 9.67. The van der Waals surface area contributed by atoms with Crippen molar-refractivity contribution in [1.82, 2.24) is 0 Å². The SMILES string of the molecule is COc1ccc(C[n+]2ccc3cc(CO)c(OC)c4c3c2C=CN4)cc1.[Cl-]. The average Bonchev–Trinajstić information content (AvgIpc) is 2.70. The number of benzene rings is 2. The van der Waals surface area contributed by atoms with Crippen molar-refractivity contribution in [3.63, 3.8) is 0 Å². The molecule has 0 radical (unpaired) electrons. The van der Waals surface area contributed by atoms with Crippen LogP contribution in [-0.4, -0.2) is 19.3 Å². The number of aromatic nitrogens is 1. The molecule has 2 aromatic carbocycles. The standard InChI is InChI=1S/C21H20N2O3.ClH/c1-25-17-5-3-14(4-6-17)12-23-10-8-15-11-16(13-24)21(26-2)20-19(15)18(23)7-9-22-20;/h3-11,24H,12-13H2,1-2H3;1H. The lowest BCUT2D eigenvalue weighted by Gasteiger charge is -2.19. The maximum atomic E-state index is 9.67. The van der Waals surface area contributed by atoms with Gasteiger partial charge in [-0.3, -0.25) is 0 Å². The van der Waals surface area contributed by atoms with Crippen LogP contribution in [0.3, 0.4) is 0 Å². The monoisotopic (exact) mass is 384 g/mol. The Kier molecular flexibility index (Phi) is 5.54. The Bertz CT molecular complexity index is 1000. The fourth-order valence-corrected chi connectivity index (χ4v) is 3.48. The van der Waals surface area contributed by atoms with Crippen LogP contribution >= 0.6 is 0 Å². The van der Waals surface area contributed by atoms with Crippen molar-refractivity contribution in [2.24, 2.45) is 0 Å². The molecule has 6 heteroatoms. The summed E-state index contributed by atoms with van der Waals surface area (Å²) in [5.41, 5.74) is 3.97. The van der Waals surface area contributed by atoms with Gasteiger partial charge in [-0.1, -0.05) is 0 Å². The van der Waals surface area contributed by atoms with Crippen LogP contribution in [-0.2, 0) is 13.2 Å². The van der Waals surface area contributed by atoms with Crippen LogP contribution in [0.15, 0.2) is 48.8 Å². The van der Waals surface area contributed by atoms with E-state index in [1.54, 1.807) is 14.2 Å². The summed E-state index contributed by atoms with van der Waals surface area (Å²) >= 11 is 0. The van der Waals surface area contributed by atoms with Gasteiger partial charge in [-0.05, 0) is 35.7 Å². The van der Waals surface area contributed by atoms with E-state index in [-0.39, 0.29) is 19.0 Å². The molecule has 2 N–H and O–H groups in total. The largest absolute Gasteiger partial charge is 1.00 e. The molecule has 0 aliphatic carbocycles. The third kappa shape index (κ3) is 3.31. The Balaban J connectivity index is 0.00000210. The third-order valence-corrected chi connectivity index (χ3v) is 4.74. The second-order valence-electron chi connectivity index (χ2n) is 6.22. The number of nitrogens with zero attached hydrogens (tertiary/aromatic N) is 1. The molecular weight excluding hydrogens is 364 g/mol. The number of aliphatic hydroxyl groups is 1. The fraction of sp³-hybridized carbons (Fsp3) is 0.190. The minimum atomic E-state index is -0.0619. The summed E-state index contributed by atoms with van der Waals surface area (Å²) in [6.07, 6.45) is 6.05. The van der Waals surface area contributed by atoms with E-state index in [0.717, 1.165) is 40.0 Å². The van der Waals surface area contributed by atoms with Crippen molar-refractivity contribution in [1.29, 1.82) is 0 Å². The molecule has 0 saturated heterocycles. The molecule has 1 aliphatic heterocycles. The minimum Gasteiger partial charge on any atom is -1.00 e. The van der Waals surface area contributed by atoms with Crippen LogP contribution in [0.25, 0.3) is 16.8 Å². The van der Waals surface area contributed by atoms with Crippen molar-refractivity contribution in [2.45, 2.75) is 13.2 Å². The predicted molar refractivity (Wildman–Crippen MR) is 101 cm³/mol. The molecule has 1 aromatic heterocycles. The molecule has 0 amide bonds. The highest BCUT2D eigenvalue weighted by atomic mass is 35.5. The van der Waals surface area contributed by atoms with Gasteiger partial charge < -0.3 is 32.3 Å². The van der Waals surface area contributed by atoms with E-state index in [0.29, 0.717) is 5.75 Å². The van der Waals surface area contributed by atoms with Gasteiger partial charge >= 0.3 is 0 Å². The number of aliphatic hydroxyl groups excluding tert-OH is 1. The van der Waals surface area contributed by atoms with Crippen LogP contribution in [0.5, 0.6) is 11.5 Å². The summed E-state index contributed by atoms with van der Waals surface area (Å²) in [7, 11) is 3.30. The van der Waals surface area contributed by atoms with Crippen LogP contribution in [0.1, 0.15) is 16.8 Å². The first-order chi connectivity index (χ1) is 12.7. The Hall–Kier alpha value is -2.76. The number of halogens is 1. The number of nitrogens with one attached hydrogen (secondary N) is 1. The summed E-state index contributed by atoms with van der Waals surface area (Å²) in [4.78, 5) is 0. The van der Waals surface area contributed by atoms with E-state index >= 15 is 0 Å². The molecule has 3 aromatic rings. The smallest absolute Gasteiger partial charge is 0.217 e. The first kappa shape index (κ1) is 19.0. The van der Waals surface area contributed by atoms with E-state index in [9.17, 15) is 5.11 Å². The van der Waals surface area contributed by atoms with Crippen molar-refractivity contribution < 1.29 is 31.6 Å². The second kappa shape index (κ2) is 7.86. The van der Waals surface area contributed by atoms with Crippen LogP contribution in [0.4, 0.5) is 5.69 Å². The molecule has 0 bridgehead atoms. The van der Waals surface area contributed by atoms with E-state index in [1.165, 1.54) is 5.56 Å². The Labute approximate surface area is 164 Å². The van der Waals surface area contributed by atoms with E-state index < -0.39 is 0 Å². The molecule has 0 fully saturated rings. The highest BCUT2D eigenvalue weighted by Crippen LogP contribution is 2.40. The molecule has 27 heavy (non-hydrogen) atoms. The first-order valence-corrected chi connectivity index (χ1v) is 8.48. The van der Waals surface area contributed by atoms with Gasteiger partial charge in [0.05, 0.1) is 31.9 Å². The Morgan fingerprint density at radius 1 is 1.07 bits per heavy atom. The molecule has 5 nitrogen and oxygen atoms in total. The number of hydrogen-bond acceptors (Lipinski definition) is 4. The first-order valence-electron chi connectivity index (χ1n) is 8.48. The van der Waals surface area contributed by atoms with Crippen LogP contribution in [0, 0.1) is 0 Å². The Morgan fingerprint density at radius 3 is 2.52 bits per heavy atom. The molecule has 0 saturated carbocycles. The van der Waals surface area contributed by atoms with Gasteiger partial charge in [-0.15, -0.1) is 0 Å². The number of pyridine rings is 1. The highest BCUT2D eigenvalue weighted by Gasteiger charge is 2.23. The molecule has 2 heterocycles. The van der Waals surface area contributed by atoms with Gasteiger partial charge in [0, 0.05) is 29.5 Å². The lowest BCUT2D eigenvalue weighted by Crippen LogP contribution is -3.00. The van der Waals surface area contributed by atoms with Crippen molar-refractivity contribution in [3.05, 3.63) is 65.6 Å². The third-order valence-electron chi connectivity index (χ3n) is 4.74. The van der Waals surface area contributed by atoms with E-state index in [1.807, 2.05) is 24.4 Å². The lowest BCUT2D eigenvalue weighted by molar-refractivity contribution is -0.688. The van der Waals surface area contributed by atoms with Gasteiger partial charge in [0.15, 0.2) is 12.7 Å². The maximum Gasteiger partial charge on any atom is 0.217 e. The average molecular weight is 385 g/mol. The zero-order valence-corrected chi connectivity index (χ0v) is 16.0. The molecule has 0 atom stereocenters. The minimum absolute atomic E-state index is 0. The normalized spacial score (nSPS) is 11.7. The van der Waals surface area contributed by atoms with Crippen molar-refractivity contribution in [2.75, 3.05) is 19.5 Å². The summed E-state index contributed by atoms with van der Waals surface area (Å²) < 4.78 is 13.0. The van der Waals surface area contributed by atoms with Gasteiger partial charge in [0.25, 0.3) is 0 Å². The number of hydrogen-bond donors (Lipinski definition) is 2. The second-order valence-corrected chi connectivity index (χ2v) is 6.22. The highest BCUT2D eigenvalue weighted by molar-refractivity contribution is 6.03. The number of anilines is 1. The lowest BCUT2D eigenvalue weighted by atomic mass is 10.00. The molecule has 0 unspecified atom stereocenters. The van der Waals surface area contributed by atoms with Gasteiger partial charge in [-0.25, -0.2) is 0 Å². The van der Waals surface area contributed by atoms with Gasteiger partial charge in [0.2, 0.25) is 5.69 Å². The molecular formula is C21H21ClN2O3. The Morgan fingerprint density at radius 2 is 1.85 bits per heavy atom. The summed E-state index contributed by atoms with van der Waals surface area (Å²) in [5, 5.41) is 15.1. The van der Waals surface area contributed by atoms with Crippen molar-refractivity contribution >= 4 is 22.5 Å². The van der Waals surface area contributed by atoms with E-state index in [2.05, 4.69) is 40.4 Å². The van der Waals surface area contributed by atoms with E-state index in [4.69, 9.17) is 9.47 Å². The summed E-state index contributed by atoms with van der Waals surface area (Å²) in [6, 6.07) is 12.2. The molecule has 140 valence electrons. The zero-order valence-electron chi connectivity index (χ0n) is 15.2. The molecule has 0 spiro atoms. The van der Waals surface area contributed by atoms with Crippen LogP contribution < -0.4 is 31.8 Å².